The Morgan fingerprint density at radius 3 is 2.40 bits per heavy atom. The molecule has 4 nitrogen and oxygen atoms in total. The number of rotatable bonds is 9. The van der Waals surface area contributed by atoms with Crippen LogP contribution in [-0.2, 0) is 11.0 Å². The van der Waals surface area contributed by atoms with Crippen LogP contribution in [0.3, 0.4) is 0 Å². The van der Waals surface area contributed by atoms with Crippen molar-refractivity contribution in [2.45, 2.75) is 37.5 Å². The highest BCUT2D eigenvalue weighted by atomic mass is 35.5. The van der Waals surface area contributed by atoms with Crippen molar-refractivity contribution in [2.24, 2.45) is 5.14 Å². The Balaban J connectivity index is 2.03. The molecule has 2 rings (SSSR count). The molecule has 0 aromatic heterocycles. The fraction of sp³-hybridized carbons (Fsp3) is 0.316. The van der Waals surface area contributed by atoms with E-state index in [9.17, 15) is 9.00 Å². The SMILES string of the molecule is CCCCCCOc1ccc(C(=O)c2ccc(Cl)c(S(N)=O)c2)cc1. The monoisotopic (exact) mass is 379 g/mol. The third-order valence-corrected chi connectivity index (χ3v) is 5.01. The molecule has 0 aliphatic rings. The van der Waals surface area contributed by atoms with Crippen LogP contribution in [0.1, 0.15) is 48.5 Å². The summed E-state index contributed by atoms with van der Waals surface area (Å²) in [6, 6.07) is 11.6. The number of ether oxygens (including phenoxy) is 1. The molecule has 0 fully saturated rings. The van der Waals surface area contributed by atoms with Gasteiger partial charge in [0.25, 0.3) is 0 Å². The lowest BCUT2D eigenvalue weighted by Gasteiger charge is -2.08. The van der Waals surface area contributed by atoms with Gasteiger partial charge in [0.2, 0.25) is 0 Å². The van der Waals surface area contributed by atoms with Crippen molar-refractivity contribution >= 4 is 28.4 Å². The fourth-order valence-corrected chi connectivity index (χ4v) is 3.24. The molecule has 2 aromatic carbocycles. The van der Waals surface area contributed by atoms with E-state index in [1.165, 1.54) is 25.0 Å². The van der Waals surface area contributed by atoms with Gasteiger partial charge in [-0.2, -0.15) is 0 Å². The first-order chi connectivity index (χ1) is 12.0. The zero-order valence-electron chi connectivity index (χ0n) is 14.2. The average Bonchev–Trinajstić information content (AvgIpc) is 2.61. The van der Waals surface area contributed by atoms with Gasteiger partial charge < -0.3 is 4.74 Å². The average molecular weight is 380 g/mol. The minimum Gasteiger partial charge on any atom is -0.494 e. The Morgan fingerprint density at radius 1 is 1.08 bits per heavy atom. The summed E-state index contributed by atoms with van der Waals surface area (Å²) in [6.07, 6.45) is 4.60. The summed E-state index contributed by atoms with van der Waals surface area (Å²) in [5.41, 5.74) is 0.917. The van der Waals surface area contributed by atoms with E-state index in [2.05, 4.69) is 6.92 Å². The van der Waals surface area contributed by atoms with Crippen LogP contribution in [0, 0.1) is 0 Å². The molecule has 0 aliphatic heterocycles. The van der Waals surface area contributed by atoms with E-state index in [1.54, 1.807) is 30.3 Å². The molecule has 0 spiro atoms. The van der Waals surface area contributed by atoms with E-state index in [4.69, 9.17) is 21.5 Å². The standard InChI is InChI=1S/C19H22ClNO3S/c1-2-3-4-5-12-24-16-9-6-14(7-10-16)19(22)15-8-11-17(20)18(13-15)25(21)23/h6-11,13H,2-5,12,21H2,1H3. The quantitative estimate of drug-likeness (QED) is 0.514. The van der Waals surface area contributed by atoms with Crippen LogP contribution in [0.2, 0.25) is 5.02 Å². The summed E-state index contributed by atoms with van der Waals surface area (Å²) in [5, 5.41) is 5.66. The van der Waals surface area contributed by atoms with Crippen molar-refractivity contribution in [2.75, 3.05) is 6.61 Å². The number of nitrogens with two attached hydrogens (primary N) is 1. The number of carbonyl (C=O) groups excluding carboxylic acids is 1. The number of benzene rings is 2. The van der Waals surface area contributed by atoms with Gasteiger partial charge in [0.1, 0.15) is 16.7 Å². The second kappa shape index (κ2) is 9.70. The second-order valence-corrected chi connectivity index (χ2v) is 7.15. The summed E-state index contributed by atoms with van der Waals surface area (Å²) >= 11 is 5.94. The van der Waals surface area contributed by atoms with Gasteiger partial charge in [-0.25, -0.2) is 9.35 Å². The van der Waals surface area contributed by atoms with E-state index in [0.29, 0.717) is 17.7 Å². The number of halogens is 1. The van der Waals surface area contributed by atoms with Gasteiger partial charge in [-0.3, -0.25) is 4.79 Å². The number of hydrogen-bond acceptors (Lipinski definition) is 3. The van der Waals surface area contributed by atoms with Crippen molar-refractivity contribution in [1.82, 2.24) is 0 Å². The van der Waals surface area contributed by atoms with Gasteiger partial charge in [0.05, 0.1) is 16.5 Å². The summed E-state index contributed by atoms with van der Waals surface area (Å²) in [6.45, 7) is 2.85. The van der Waals surface area contributed by atoms with E-state index >= 15 is 0 Å². The maximum atomic E-state index is 12.6. The molecular formula is C19H22ClNO3S. The Morgan fingerprint density at radius 2 is 1.76 bits per heavy atom. The number of hydrogen-bond donors (Lipinski definition) is 1. The molecule has 0 radical (unpaired) electrons. The van der Waals surface area contributed by atoms with Gasteiger partial charge in [-0.05, 0) is 48.9 Å². The predicted octanol–water partition coefficient (Wildman–Crippen LogP) is 4.51. The van der Waals surface area contributed by atoms with Crippen molar-refractivity contribution in [1.29, 1.82) is 0 Å². The highest BCUT2D eigenvalue weighted by Gasteiger charge is 2.13. The Labute approximate surface area is 155 Å². The van der Waals surface area contributed by atoms with Crippen LogP contribution < -0.4 is 9.88 Å². The van der Waals surface area contributed by atoms with Gasteiger partial charge in [0, 0.05) is 11.1 Å². The van der Waals surface area contributed by atoms with Gasteiger partial charge in [-0.15, -0.1) is 0 Å². The lowest BCUT2D eigenvalue weighted by atomic mass is 10.0. The smallest absolute Gasteiger partial charge is 0.193 e. The molecule has 6 heteroatoms. The van der Waals surface area contributed by atoms with Gasteiger partial charge >= 0.3 is 0 Å². The normalized spacial score (nSPS) is 12.0. The van der Waals surface area contributed by atoms with Crippen molar-refractivity contribution < 1.29 is 13.7 Å². The third kappa shape index (κ3) is 5.66. The first-order valence-corrected chi connectivity index (χ1v) is 9.85. The van der Waals surface area contributed by atoms with Crippen LogP contribution in [0.5, 0.6) is 5.75 Å². The number of unbranched alkanes of at least 4 members (excludes halogenated alkanes) is 3. The molecule has 1 unspecified atom stereocenters. The summed E-state index contributed by atoms with van der Waals surface area (Å²) in [4.78, 5) is 12.8. The summed E-state index contributed by atoms with van der Waals surface area (Å²) < 4.78 is 17.1. The molecule has 0 saturated heterocycles. The third-order valence-electron chi connectivity index (χ3n) is 3.79. The molecule has 2 N–H and O–H groups in total. The zero-order chi connectivity index (χ0) is 18.2. The molecule has 25 heavy (non-hydrogen) atoms. The number of ketones is 1. The van der Waals surface area contributed by atoms with E-state index in [-0.39, 0.29) is 15.7 Å². The van der Waals surface area contributed by atoms with Crippen LogP contribution in [0.4, 0.5) is 0 Å². The van der Waals surface area contributed by atoms with Gasteiger partial charge in [-0.1, -0.05) is 37.8 Å². The molecule has 0 amide bonds. The first kappa shape index (κ1) is 19.6. The summed E-state index contributed by atoms with van der Waals surface area (Å²) in [5.74, 6) is 0.561. The second-order valence-electron chi connectivity index (χ2n) is 5.71. The molecule has 2 aromatic rings. The maximum absolute atomic E-state index is 12.6. The van der Waals surface area contributed by atoms with Crippen LogP contribution in [0.15, 0.2) is 47.4 Å². The molecule has 0 aliphatic carbocycles. The van der Waals surface area contributed by atoms with Crippen molar-refractivity contribution in [3.8, 4) is 5.75 Å². The summed E-state index contributed by atoms with van der Waals surface area (Å²) in [7, 11) is -1.74. The Hall–Kier alpha value is -1.69. The van der Waals surface area contributed by atoms with Crippen LogP contribution in [-0.4, -0.2) is 16.6 Å². The van der Waals surface area contributed by atoms with Gasteiger partial charge in [0.15, 0.2) is 5.78 Å². The largest absolute Gasteiger partial charge is 0.494 e. The molecule has 0 bridgehead atoms. The Kier molecular flexibility index (Phi) is 7.62. The fourth-order valence-electron chi connectivity index (χ4n) is 2.39. The Bertz CT molecular complexity index is 747. The molecule has 0 saturated carbocycles. The topological polar surface area (TPSA) is 69.4 Å². The molecule has 1 atom stereocenters. The maximum Gasteiger partial charge on any atom is 0.193 e. The highest BCUT2D eigenvalue weighted by Crippen LogP contribution is 2.22. The first-order valence-electron chi connectivity index (χ1n) is 8.26. The van der Waals surface area contributed by atoms with E-state index < -0.39 is 11.0 Å². The van der Waals surface area contributed by atoms with Crippen LogP contribution >= 0.6 is 11.6 Å². The highest BCUT2D eigenvalue weighted by molar-refractivity contribution is 7.82. The zero-order valence-corrected chi connectivity index (χ0v) is 15.7. The molecule has 134 valence electrons. The molecule has 0 heterocycles. The van der Waals surface area contributed by atoms with Crippen molar-refractivity contribution in [3.05, 3.63) is 58.6 Å². The number of carbonyl (C=O) groups is 1. The van der Waals surface area contributed by atoms with E-state index in [0.717, 1.165) is 18.6 Å². The predicted molar refractivity (Wildman–Crippen MR) is 102 cm³/mol. The molecular weight excluding hydrogens is 358 g/mol. The lowest BCUT2D eigenvalue weighted by Crippen LogP contribution is -2.07. The lowest BCUT2D eigenvalue weighted by molar-refractivity contribution is 0.103. The van der Waals surface area contributed by atoms with E-state index in [1.807, 2.05) is 0 Å². The minimum atomic E-state index is -1.74. The van der Waals surface area contributed by atoms with Crippen molar-refractivity contribution in [3.63, 3.8) is 0 Å². The minimum absolute atomic E-state index is 0.183. The van der Waals surface area contributed by atoms with Crippen LogP contribution in [0.25, 0.3) is 0 Å².